The zero-order valence-electron chi connectivity index (χ0n) is 14.8. The van der Waals surface area contributed by atoms with Gasteiger partial charge in [-0.05, 0) is 42.2 Å². The number of carbonyl (C=O) groups is 1. The number of aromatic nitrogens is 1. The van der Waals surface area contributed by atoms with E-state index in [1.807, 2.05) is 41.4 Å². The number of hydrogen-bond donors (Lipinski definition) is 0. The molecule has 1 aromatic heterocycles. The Kier molecular flexibility index (Phi) is 5.53. The molecule has 1 amide bonds. The van der Waals surface area contributed by atoms with Crippen LogP contribution in [0.4, 0.5) is 0 Å². The smallest absolute Gasteiger partial charge is 0.226 e. The predicted molar refractivity (Wildman–Crippen MR) is 95.4 cm³/mol. The molecule has 1 saturated carbocycles. The second kappa shape index (κ2) is 8.01. The molecular formula is C20H24N2O3. The van der Waals surface area contributed by atoms with Gasteiger partial charge in [-0.2, -0.15) is 0 Å². The molecule has 3 rings (SSSR count). The molecule has 0 bridgehead atoms. The van der Waals surface area contributed by atoms with Crippen LogP contribution >= 0.6 is 0 Å². The van der Waals surface area contributed by atoms with Crippen LogP contribution in [0.15, 0.2) is 42.7 Å². The molecule has 1 aliphatic rings. The van der Waals surface area contributed by atoms with Crippen molar-refractivity contribution in [2.24, 2.45) is 5.92 Å². The van der Waals surface area contributed by atoms with Gasteiger partial charge in [0.2, 0.25) is 5.91 Å². The van der Waals surface area contributed by atoms with Crippen molar-refractivity contribution in [3.05, 3.63) is 53.9 Å². The van der Waals surface area contributed by atoms with Crippen molar-refractivity contribution < 1.29 is 14.3 Å². The molecule has 1 aromatic carbocycles. The van der Waals surface area contributed by atoms with E-state index in [0.29, 0.717) is 24.6 Å². The Bertz CT molecular complexity index is 714. The maximum atomic E-state index is 12.9. The van der Waals surface area contributed by atoms with Crippen LogP contribution in [-0.2, 0) is 17.9 Å². The third-order valence-electron chi connectivity index (χ3n) is 4.68. The largest absolute Gasteiger partial charge is 0.493 e. The van der Waals surface area contributed by atoms with Gasteiger partial charge in [-0.3, -0.25) is 9.78 Å². The second-order valence-corrected chi connectivity index (χ2v) is 6.37. The third-order valence-corrected chi connectivity index (χ3v) is 4.68. The molecule has 0 aliphatic heterocycles. The molecule has 0 N–H and O–H groups in total. The van der Waals surface area contributed by atoms with Gasteiger partial charge in [0.05, 0.1) is 14.2 Å². The van der Waals surface area contributed by atoms with Gasteiger partial charge >= 0.3 is 0 Å². The van der Waals surface area contributed by atoms with Gasteiger partial charge in [0.15, 0.2) is 11.5 Å². The first-order chi connectivity index (χ1) is 12.2. The minimum Gasteiger partial charge on any atom is -0.493 e. The van der Waals surface area contributed by atoms with E-state index in [1.54, 1.807) is 20.4 Å². The van der Waals surface area contributed by atoms with Crippen molar-refractivity contribution in [3.8, 4) is 11.5 Å². The summed E-state index contributed by atoms with van der Waals surface area (Å²) in [5, 5.41) is 0. The molecule has 0 saturated heterocycles. The Morgan fingerprint density at radius 1 is 1.12 bits per heavy atom. The molecule has 0 unspecified atom stereocenters. The number of pyridine rings is 1. The first-order valence-electron chi connectivity index (χ1n) is 8.60. The van der Waals surface area contributed by atoms with Crippen LogP contribution in [0.3, 0.4) is 0 Å². The molecule has 0 atom stereocenters. The Labute approximate surface area is 148 Å². The number of ether oxygens (including phenoxy) is 2. The van der Waals surface area contributed by atoms with Crippen molar-refractivity contribution in [2.75, 3.05) is 14.2 Å². The number of nitrogens with zero attached hydrogens (tertiary/aromatic N) is 2. The Morgan fingerprint density at radius 3 is 2.48 bits per heavy atom. The number of rotatable bonds is 7. The summed E-state index contributed by atoms with van der Waals surface area (Å²) in [5.41, 5.74) is 2.06. The van der Waals surface area contributed by atoms with Crippen molar-refractivity contribution >= 4 is 5.91 Å². The summed E-state index contributed by atoms with van der Waals surface area (Å²) in [6, 6.07) is 9.69. The quantitative estimate of drug-likeness (QED) is 0.775. The fourth-order valence-corrected chi connectivity index (χ4v) is 3.04. The predicted octanol–water partition coefficient (Wildman–Crippen LogP) is 3.43. The molecule has 1 aliphatic carbocycles. The van der Waals surface area contributed by atoms with E-state index in [9.17, 15) is 4.79 Å². The number of methoxy groups -OCH3 is 2. The van der Waals surface area contributed by atoms with Crippen molar-refractivity contribution in [1.29, 1.82) is 0 Å². The lowest BCUT2D eigenvalue weighted by atomic mass is 9.84. The highest BCUT2D eigenvalue weighted by Gasteiger charge is 2.29. The van der Waals surface area contributed by atoms with Crippen molar-refractivity contribution in [2.45, 2.75) is 32.4 Å². The zero-order valence-corrected chi connectivity index (χ0v) is 14.8. The Balaban J connectivity index is 1.80. The summed E-state index contributed by atoms with van der Waals surface area (Å²) >= 11 is 0. The highest BCUT2D eigenvalue weighted by molar-refractivity contribution is 5.79. The summed E-state index contributed by atoms with van der Waals surface area (Å²) in [7, 11) is 3.24. The first kappa shape index (κ1) is 17.3. The standard InChI is InChI=1S/C20H24N2O3/c1-24-18-9-8-15(11-19(18)25-2)13-22(20(23)17-6-3-7-17)14-16-5-4-10-21-12-16/h4-5,8-12,17H,3,6-7,13-14H2,1-2H3. The Morgan fingerprint density at radius 2 is 1.88 bits per heavy atom. The van der Waals surface area contributed by atoms with Crippen LogP contribution < -0.4 is 9.47 Å². The van der Waals surface area contributed by atoms with Gasteiger partial charge in [0, 0.05) is 31.4 Å². The minimum atomic E-state index is 0.164. The molecular weight excluding hydrogens is 316 g/mol. The lowest BCUT2D eigenvalue weighted by Gasteiger charge is -2.32. The maximum Gasteiger partial charge on any atom is 0.226 e. The van der Waals surface area contributed by atoms with Gasteiger partial charge in [-0.15, -0.1) is 0 Å². The van der Waals surface area contributed by atoms with Gasteiger partial charge in [-0.1, -0.05) is 18.6 Å². The average Bonchev–Trinajstić information content (AvgIpc) is 2.60. The fraction of sp³-hybridized carbons (Fsp3) is 0.400. The van der Waals surface area contributed by atoms with E-state index in [-0.39, 0.29) is 11.8 Å². The van der Waals surface area contributed by atoms with E-state index in [1.165, 1.54) is 0 Å². The van der Waals surface area contributed by atoms with E-state index >= 15 is 0 Å². The van der Waals surface area contributed by atoms with Crippen LogP contribution in [0.1, 0.15) is 30.4 Å². The highest BCUT2D eigenvalue weighted by Crippen LogP contribution is 2.31. The number of hydrogen-bond acceptors (Lipinski definition) is 4. The molecule has 5 heteroatoms. The monoisotopic (exact) mass is 340 g/mol. The van der Waals surface area contributed by atoms with E-state index in [0.717, 1.165) is 30.4 Å². The minimum absolute atomic E-state index is 0.164. The Hall–Kier alpha value is -2.56. The fourth-order valence-electron chi connectivity index (χ4n) is 3.04. The van der Waals surface area contributed by atoms with Crippen LogP contribution in [0, 0.1) is 5.92 Å². The lowest BCUT2D eigenvalue weighted by molar-refractivity contribution is -0.139. The molecule has 2 aromatic rings. The van der Waals surface area contributed by atoms with Crippen LogP contribution in [0.5, 0.6) is 11.5 Å². The molecule has 25 heavy (non-hydrogen) atoms. The highest BCUT2D eigenvalue weighted by atomic mass is 16.5. The van der Waals surface area contributed by atoms with Crippen molar-refractivity contribution in [1.82, 2.24) is 9.88 Å². The van der Waals surface area contributed by atoms with Crippen LogP contribution in [0.2, 0.25) is 0 Å². The summed E-state index contributed by atoms with van der Waals surface area (Å²) in [6.07, 6.45) is 6.70. The van der Waals surface area contributed by atoms with E-state index < -0.39 is 0 Å². The van der Waals surface area contributed by atoms with Gasteiger partial charge < -0.3 is 14.4 Å². The van der Waals surface area contributed by atoms with E-state index in [2.05, 4.69) is 4.98 Å². The summed E-state index contributed by atoms with van der Waals surface area (Å²) < 4.78 is 10.7. The molecule has 1 fully saturated rings. The third kappa shape index (κ3) is 4.10. The summed E-state index contributed by atoms with van der Waals surface area (Å²) in [5.74, 6) is 1.76. The maximum absolute atomic E-state index is 12.9. The van der Waals surface area contributed by atoms with E-state index in [4.69, 9.17) is 9.47 Å². The molecule has 1 heterocycles. The second-order valence-electron chi connectivity index (χ2n) is 6.37. The van der Waals surface area contributed by atoms with Crippen molar-refractivity contribution in [3.63, 3.8) is 0 Å². The molecule has 132 valence electrons. The number of amides is 1. The molecule has 0 spiro atoms. The summed E-state index contributed by atoms with van der Waals surface area (Å²) in [4.78, 5) is 18.9. The topological polar surface area (TPSA) is 51.7 Å². The SMILES string of the molecule is COc1ccc(CN(Cc2cccnc2)C(=O)C2CCC2)cc1OC. The first-order valence-corrected chi connectivity index (χ1v) is 8.60. The normalized spacial score (nSPS) is 13.8. The molecule has 0 radical (unpaired) electrons. The number of benzene rings is 1. The summed E-state index contributed by atoms with van der Waals surface area (Å²) in [6.45, 7) is 1.11. The van der Waals surface area contributed by atoms with Crippen LogP contribution in [0.25, 0.3) is 0 Å². The van der Waals surface area contributed by atoms with Gasteiger partial charge in [0.1, 0.15) is 0 Å². The molecule has 5 nitrogen and oxygen atoms in total. The number of carbonyl (C=O) groups excluding carboxylic acids is 1. The average molecular weight is 340 g/mol. The lowest BCUT2D eigenvalue weighted by Crippen LogP contribution is -2.38. The van der Waals surface area contributed by atoms with Gasteiger partial charge in [-0.25, -0.2) is 0 Å². The van der Waals surface area contributed by atoms with Crippen LogP contribution in [-0.4, -0.2) is 30.0 Å². The zero-order chi connectivity index (χ0) is 17.6. The van der Waals surface area contributed by atoms with Gasteiger partial charge in [0.25, 0.3) is 0 Å².